The molecule has 0 amide bonds. The summed E-state index contributed by atoms with van der Waals surface area (Å²) in [7, 11) is 2.09. The van der Waals surface area contributed by atoms with Crippen LogP contribution in [0.25, 0.3) is 0 Å². The lowest BCUT2D eigenvalue weighted by molar-refractivity contribution is -0.0516. The highest BCUT2D eigenvalue weighted by Gasteiger charge is 2.32. The van der Waals surface area contributed by atoms with Gasteiger partial charge in [0.2, 0.25) is 0 Å². The van der Waals surface area contributed by atoms with Gasteiger partial charge >= 0.3 is 0 Å². The number of hydrogen-bond acceptors (Lipinski definition) is 2. The lowest BCUT2D eigenvalue weighted by Gasteiger charge is -2.42. The molecule has 0 aliphatic heterocycles. The lowest BCUT2D eigenvalue weighted by Crippen LogP contribution is -2.48. The third-order valence-electron chi connectivity index (χ3n) is 3.97. The maximum absolute atomic E-state index is 10.0. The van der Waals surface area contributed by atoms with Crippen LogP contribution in [0.1, 0.15) is 52.9 Å². The van der Waals surface area contributed by atoms with Crippen LogP contribution in [0.3, 0.4) is 0 Å². The Morgan fingerprint density at radius 1 is 1.27 bits per heavy atom. The molecule has 0 aromatic carbocycles. The first kappa shape index (κ1) is 13.0. The fourth-order valence-electron chi connectivity index (χ4n) is 3.13. The molecule has 15 heavy (non-hydrogen) atoms. The first-order valence-electron chi connectivity index (χ1n) is 6.48. The highest BCUT2D eigenvalue weighted by Crippen LogP contribution is 2.33. The fraction of sp³-hybridized carbons (Fsp3) is 1.00. The van der Waals surface area contributed by atoms with Crippen molar-refractivity contribution in [3.63, 3.8) is 0 Å². The molecule has 0 saturated heterocycles. The number of aliphatic hydroxyl groups is 1. The van der Waals surface area contributed by atoms with E-state index < -0.39 is 0 Å². The summed E-state index contributed by atoms with van der Waals surface area (Å²) in [6.07, 6.45) is 5.70. The lowest BCUT2D eigenvalue weighted by atomic mass is 9.78. The number of hydrogen-bond donors (Lipinski definition) is 1. The Kier molecular flexibility index (Phi) is 5.07. The Balaban J connectivity index is 2.58. The normalized spacial score (nSPS) is 34.4. The molecule has 2 nitrogen and oxygen atoms in total. The van der Waals surface area contributed by atoms with Gasteiger partial charge in [0.25, 0.3) is 0 Å². The Hall–Kier alpha value is -0.0800. The van der Waals surface area contributed by atoms with Crippen LogP contribution in [0.15, 0.2) is 0 Å². The summed E-state index contributed by atoms with van der Waals surface area (Å²) in [4.78, 5) is 2.21. The molecule has 0 radical (unpaired) electrons. The summed E-state index contributed by atoms with van der Waals surface area (Å²) < 4.78 is 0. The van der Waals surface area contributed by atoms with Crippen molar-refractivity contribution in [2.45, 2.75) is 65.1 Å². The van der Waals surface area contributed by atoms with Crippen LogP contribution in [0.5, 0.6) is 0 Å². The monoisotopic (exact) mass is 213 g/mol. The van der Waals surface area contributed by atoms with Crippen LogP contribution in [-0.2, 0) is 0 Å². The molecule has 0 aromatic heterocycles. The zero-order chi connectivity index (χ0) is 11.4. The van der Waals surface area contributed by atoms with E-state index in [1.54, 1.807) is 0 Å². The van der Waals surface area contributed by atoms with E-state index >= 15 is 0 Å². The Morgan fingerprint density at radius 3 is 2.27 bits per heavy atom. The van der Waals surface area contributed by atoms with Gasteiger partial charge in [0.05, 0.1) is 0 Å². The van der Waals surface area contributed by atoms with Crippen molar-refractivity contribution in [2.24, 2.45) is 11.8 Å². The van der Waals surface area contributed by atoms with Crippen LogP contribution in [0.2, 0.25) is 0 Å². The van der Waals surface area contributed by atoms with Crippen molar-refractivity contribution < 1.29 is 5.11 Å². The fourth-order valence-corrected chi connectivity index (χ4v) is 3.13. The van der Waals surface area contributed by atoms with E-state index in [1.807, 2.05) is 0 Å². The quantitative estimate of drug-likeness (QED) is 0.726. The maximum Gasteiger partial charge on any atom is 0.107 e. The maximum atomic E-state index is 10.0. The van der Waals surface area contributed by atoms with Crippen LogP contribution in [0, 0.1) is 11.8 Å². The van der Waals surface area contributed by atoms with Gasteiger partial charge < -0.3 is 5.11 Å². The molecule has 0 spiro atoms. The first-order chi connectivity index (χ1) is 7.07. The van der Waals surface area contributed by atoms with Gasteiger partial charge in [-0.2, -0.15) is 0 Å². The number of nitrogens with zero attached hydrogens (tertiary/aromatic N) is 1. The van der Waals surface area contributed by atoms with E-state index in [2.05, 4.69) is 32.7 Å². The number of aliphatic hydroxyl groups excluding tert-OH is 1. The van der Waals surface area contributed by atoms with Gasteiger partial charge in [0.1, 0.15) is 6.23 Å². The van der Waals surface area contributed by atoms with Crippen LogP contribution in [0.4, 0.5) is 0 Å². The Labute approximate surface area is 94.7 Å². The molecule has 1 aliphatic carbocycles. The van der Waals surface area contributed by atoms with Gasteiger partial charge in [-0.25, -0.2) is 0 Å². The van der Waals surface area contributed by atoms with E-state index in [9.17, 15) is 5.11 Å². The SMILES string of the molecule is CCCC(O)N(C)C1C(C)CCCC1C. The summed E-state index contributed by atoms with van der Waals surface area (Å²) in [5.41, 5.74) is 0. The molecule has 0 aromatic rings. The highest BCUT2D eigenvalue weighted by molar-refractivity contribution is 4.85. The third-order valence-corrected chi connectivity index (χ3v) is 3.97. The van der Waals surface area contributed by atoms with Gasteiger partial charge in [-0.3, -0.25) is 4.90 Å². The molecule has 0 heterocycles. The summed E-state index contributed by atoms with van der Waals surface area (Å²) in [6, 6.07) is 0.570. The molecule has 1 rings (SSSR count). The molecule has 3 atom stereocenters. The Bertz CT molecular complexity index is 173. The van der Waals surface area contributed by atoms with Gasteiger partial charge in [-0.15, -0.1) is 0 Å². The topological polar surface area (TPSA) is 23.5 Å². The smallest absolute Gasteiger partial charge is 0.107 e. The van der Waals surface area contributed by atoms with E-state index in [4.69, 9.17) is 0 Å². The van der Waals surface area contributed by atoms with Crippen LogP contribution < -0.4 is 0 Å². The minimum Gasteiger partial charge on any atom is -0.378 e. The van der Waals surface area contributed by atoms with Crippen molar-refractivity contribution in [2.75, 3.05) is 7.05 Å². The number of rotatable bonds is 4. The molecule has 90 valence electrons. The van der Waals surface area contributed by atoms with Crippen molar-refractivity contribution >= 4 is 0 Å². The second kappa shape index (κ2) is 5.86. The van der Waals surface area contributed by atoms with Gasteiger partial charge in [-0.1, -0.05) is 33.6 Å². The average molecular weight is 213 g/mol. The molecule has 1 fully saturated rings. The summed E-state index contributed by atoms with van der Waals surface area (Å²) >= 11 is 0. The molecule has 1 N–H and O–H groups in total. The zero-order valence-corrected chi connectivity index (χ0v) is 10.7. The van der Waals surface area contributed by atoms with Crippen LogP contribution in [-0.4, -0.2) is 29.3 Å². The van der Waals surface area contributed by atoms with Crippen molar-refractivity contribution in [1.82, 2.24) is 4.90 Å². The Morgan fingerprint density at radius 2 is 1.80 bits per heavy atom. The summed E-state index contributed by atoms with van der Waals surface area (Å²) in [6.45, 7) is 6.79. The molecule has 0 bridgehead atoms. The standard InChI is InChI=1S/C13H27NO/c1-5-7-12(15)14(4)13-10(2)8-6-9-11(13)3/h10-13,15H,5-9H2,1-4H3. The third kappa shape index (κ3) is 3.18. The van der Waals surface area contributed by atoms with Crippen molar-refractivity contribution in [3.05, 3.63) is 0 Å². The van der Waals surface area contributed by atoms with Crippen LogP contribution >= 0.6 is 0 Å². The minimum absolute atomic E-state index is 0.247. The molecular weight excluding hydrogens is 186 g/mol. The second-order valence-electron chi connectivity index (χ2n) is 5.31. The predicted molar refractivity (Wildman–Crippen MR) is 64.6 cm³/mol. The highest BCUT2D eigenvalue weighted by atomic mass is 16.3. The molecular formula is C13H27NO. The molecule has 1 saturated carbocycles. The van der Waals surface area contributed by atoms with Crippen molar-refractivity contribution in [3.8, 4) is 0 Å². The van der Waals surface area contributed by atoms with E-state index in [0.717, 1.165) is 24.7 Å². The molecule has 2 heteroatoms. The van der Waals surface area contributed by atoms with E-state index in [1.165, 1.54) is 19.3 Å². The largest absolute Gasteiger partial charge is 0.378 e. The predicted octanol–water partition coefficient (Wildman–Crippen LogP) is 2.86. The van der Waals surface area contributed by atoms with Crippen molar-refractivity contribution in [1.29, 1.82) is 0 Å². The molecule has 1 aliphatic rings. The second-order valence-corrected chi connectivity index (χ2v) is 5.31. The summed E-state index contributed by atoms with van der Waals surface area (Å²) in [5.74, 6) is 1.45. The van der Waals surface area contributed by atoms with E-state index in [-0.39, 0.29) is 6.23 Å². The average Bonchev–Trinajstić information content (AvgIpc) is 2.17. The van der Waals surface area contributed by atoms with Gasteiger partial charge in [0, 0.05) is 6.04 Å². The minimum atomic E-state index is -0.247. The van der Waals surface area contributed by atoms with Gasteiger partial charge in [-0.05, 0) is 38.1 Å². The summed E-state index contributed by atoms with van der Waals surface area (Å²) in [5, 5.41) is 10.0. The zero-order valence-electron chi connectivity index (χ0n) is 10.7. The first-order valence-corrected chi connectivity index (χ1v) is 6.48. The van der Waals surface area contributed by atoms with Gasteiger partial charge in [0.15, 0.2) is 0 Å². The van der Waals surface area contributed by atoms with E-state index in [0.29, 0.717) is 6.04 Å². The molecule has 3 unspecified atom stereocenters.